The van der Waals surface area contributed by atoms with Gasteiger partial charge in [-0.15, -0.1) is 0 Å². The van der Waals surface area contributed by atoms with Crippen LogP contribution in [0.3, 0.4) is 0 Å². The highest BCUT2D eigenvalue weighted by Crippen LogP contribution is 2.29. The van der Waals surface area contributed by atoms with Crippen LogP contribution < -0.4 is 48.3 Å². The lowest BCUT2D eigenvalue weighted by Gasteiger charge is -2.34. The highest BCUT2D eigenvalue weighted by Gasteiger charge is 2.33. The van der Waals surface area contributed by atoms with Gasteiger partial charge in [0, 0.05) is 52.0 Å². The molecular formula is C57H111N9O20. The summed E-state index contributed by atoms with van der Waals surface area (Å²) in [6.07, 6.45) is -1.94. The third kappa shape index (κ3) is 34.8. The summed E-state index contributed by atoms with van der Waals surface area (Å²) in [5, 5.41) is 81.3. The fourth-order valence-corrected chi connectivity index (χ4v) is 8.77. The van der Waals surface area contributed by atoms with Crippen molar-refractivity contribution in [3.05, 3.63) is 12.3 Å². The molecule has 86 heavy (non-hydrogen) atoms. The second-order valence-corrected chi connectivity index (χ2v) is 21.0. The molecule has 0 aromatic rings. The van der Waals surface area contributed by atoms with Gasteiger partial charge in [0.2, 0.25) is 29.5 Å². The number of nitrogens with one attached hydrogen (secondary N) is 8. The molecule has 1 saturated heterocycles. The lowest BCUT2D eigenvalue weighted by Crippen LogP contribution is -2.57. The zero-order valence-corrected chi connectivity index (χ0v) is 52.4. The highest BCUT2D eigenvalue weighted by atomic mass is 16.7. The first-order valence-corrected chi connectivity index (χ1v) is 30.6. The van der Waals surface area contributed by atoms with Gasteiger partial charge in [-0.2, -0.15) is 0 Å². The fraction of sp³-hybridized carbons (Fsp3) is 0.877. The maximum Gasteiger partial charge on any atom is 0.242 e. The molecule has 0 aromatic heterocycles. The van der Waals surface area contributed by atoms with Crippen molar-refractivity contribution < 1.29 is 97.2 Å². The van der Waals surface area contributed by atoms with Crippen LogP contribution in [0.2, 0.25) is 0 Å². The summed E-state index contributed by atoms with van der Waals surface area (Å²) in [5.74, 6) is -2.43. The van der Waals surface area contributed by atoms with Crippen molar-refractivity contribution in [2.24, 2.45) is 5.73 Å². The normalized spacial score (nSPS) is 18.0. The van der Waals surface area contributed by atoms with Gasteiger partial charge in [0.05, 0.1) is 115 Å². The molecule has 0 aromatic carbocycles. The molecule has 1 heterocycles. The van der Waals surface area contributed by atoms with Crippen LogP contribution in [0.25, 0.3) is 0 Å². The van der Waals surface area contributed by atoms with Crippen molar-refractivity contribution >= 4 is 29.5 Å². The van der Waals surface area contributed by atoms with E-state index in [1.54, 1.807) is 14.1 Å². The van der Waals surface area contributed by atoms with Crippen LogP contribution in [0.15, 0.2) is 12.3 Å². The molecule has 0 aliphatic carbocycles. The molecular weight excluding hydrogens is 1130 g/mol. The molecule has 504 valence electrons. The standard InChI is InChI=1S/C57H111N9O20/c1-9-41(37-67)85-52(36-59-7)82-32-29-79-26-22-63-54(76)44(66-50(74)18-19-57(12-4,13-5)84-24-20-56(77,10-2)11-3)15-17-49(73)65-43(53(75)62-23-27-80-30-33-83-55-42(58)35-64-51(39-69)86-55)14-16-48(72)61-21-25-78-28-31-81-40(6)45(60-8)34-46(70)47(71)38-68/h41-47,51-52,55,59-60,64,67-71,77H,6,9-39,58H2,1-5,7-8H3,(H,61,72)(H,62,75)(H,63,76)(H,65,73)(H,66,74). The number of ether oxygens (including phenoxy) is 9. The van der Waals surface area contributed by atoms with Crippen molar-refractivity contribution in [3.63, 3.8) is 0 Å². The minimum Gasteiger partial charge on any atom is -0.494 e. The number of carbonyl (C=O) groups is 5. The Morgan fingerprint density at radius 1 is 0.686 bits per heavy atom. The van der Waals surface area contributed by atoms with Crippen molar-refractivity contribution in [3.8, 4) is 0 Å². The molecule has 0 spiro atoms. The number of hydrogen-bond donors (Lipinski definition) is 15. The Balaban J connectivity index is 3.08. The fourth-order valence-electron chi connectivity index (χ4n) is 8.77. The number of aliphatic hydroxyl groups is 6. The van der Waals surface area contributed by atoms with Crippen molar-refractivity contribution in [2.45, 2.75) is 191 Å². The maximum absolute atomic E-state index is 13.8. The first-order valence-electron chi connectivity index (χ1n) is 30.6. The molecule has 5 amide bonds. The van der Waals surface area contributed by atoms with Crippen LogP contribution in [0.1, 0.15) is 118 Å². The lowest BCUT2D eigenvalue weighted by molar-refractivity contribution is -0.217. The van der Waals surface area contributed by atoms with Gasteiger partial charge in [0.15, 0.2) is 12.6 Å². The van der Waals surface area contributed by atoms with E-state index in [0.717, 1.165) is 0 Å². The third-order valence-electron chi connectivity index (χ3n) is 14.8. The number of hydrogen-bond acceptors (Lipinski definition) is 24. The largest absolute Gasteiger partial charge is 0.494 e. The van der Waals surface area contributed by atoms with Crippen LogP contribution in [-0.4, -0.2) is 265 Å². The quantitative estimate of drug-likeness (QED) is 0.0169. The third-order valence-corrected chi connectivity index (χ3v) is 14.8. The summed E-state index contributed by atoms with van der Waals surface area (Å²) in [4.78, 5) is 68.0. The number of carbonyl (C=O) groups excluding carboxylic acids is 5. The molecule has 16 N–H and O–H groups in total. The molecule has 0 saturated carbocycles. The van der Waals surface area contributed by atoms with Gasteiger partial charge < -0.3 is 116 Å². The molecule has 1 rings (SSSR count). The Morgan fingerprint density at radius 3 is 1.79 bits per heavy atom. The molecule has 10 atom stereocenters. The van der Waals surface area contributed by atoms with E-state index in [-0.39, 0.29) is 143 Å². The van der Waals surface area contributed by atoms with Gasteiger partial charge in [0.1, 0.15) is 36.8 Å². The molecule has 1 fully saturated rings. The van der Waals surface area contributed by atoms with Gasteiger partial charge in [-0.1, -0.05) is 41.2 Å². The maximum atomic E-state index is 13.8. The molecule has 0 radical (unpaired) electrons. The Kier molecular flexibility index (Phi) is 44.8. The summed E-state index contributed by atoms with van der Waals surface area (Å²) in [6.45, 7) is 14.8. The molecule has 1 aliphatic heterocycles. The van der Waals surface area contributed by atoms with E-state index in [0.29, 0.717) is 64.6 Å². The monoisotopic (exact) mass is 1240 g/mol. The average Bonchev–Trinajstić information content (AvgIpc) is 3.62. The first kappa shape index (κ1) is 80.2. The van der Waals surface area contributed by atoms with E-state index in [4.69, 9.17) is 53.5 Å². The van der Waals surface area contributed by atoms with Crippen LogP contribution >= 0.6 is 0 Å². The van der Waals surface area contributed by atoms with E-state index in [1.807, 2.05) is 34.6 Å². The summed E-state index contributed by atoms with van der Waals surface area (Å²) in [7, 11) is 3.38. The number of aliphatic hydroxyl groups excluding tert-OH is 5. The van der Waals surface area contributed by atoms with Gasteiger partial charge in [-0.25, -0.2) is 0 Å². The van der Waals surface area contributed by atoms with E-state index in [9.17, 15) is 49.5 Å². The van der Waals surface area contributed by atoms with Gasteiger partial charge in [-0.05, 0) is 78.3 Å². The zero-order valence-electron chi connectivity index (χ0n) is 52.4. The predicted molar refractivity (Wildman–Crippen MR) is 318 cm³/mol. The number of rotatable bonds is 55. The Labute approximate surface area is 509 Å². The van der Waals surface area contributed by atoms with Crippen LogP contribution in [0.4, 0.5) is 0 Å². The van der Waals surface area contributed by atoms with Crippen LogP contribution in [0, 0.1) is 0 Å². The summed E-state index contributed by atoms with van der Waals surface area (Å²) >= 11 is 0. The van der Waals surface area contributed by atoms with Crippen molar-refractivity contribution in [1.82, 2.24) is 42.5 Å². The summed E-state index contributed by atoms with van der Waals surface area (Å²) < 4.78 is 51.7. The second kappa shape index (κ2) is 48.1. The topological polar surface area (TPSA) is 412 Å². The SMILES string of the molecule is C=C(OCCOCCNC(=O)CCC(NC(=O)CCC(NC(=O)CCC(CC)(CC)OCCC(O)(CC)CC)C(=O)NCCOCCOC(CNC)OC(CC)CO)C(=O)NCCOCCOC1OC(CO)NCC1N)C(CC(O)C(O)CO)NC. The van der Waals surface area contributed by atoms with Gasteiger partial charge in [0.25, 0.3) is 0 Å². The molecule has 0 bridgehead atoms. The van der Waals surface area contributed by atoms with E-state index >= 15 is 0 Å². The lowest BCUT2D eigenvalue weighted by atomic mass is 9.90. The Bertz CT molecular complexity index is 1820. The van der Waals surface area contributed by atoms with Crippen molar-refractivity contribution in [1.29, 1.82) is 0 Å². The predicted octanol–water partition coefficient (Wildman–Crippen LogP) is -2.61. The van der Waals surface area contributed by atoms with E-state index < -0.39 is 103 Å². The number of amides is 5. The minimum absolute atomic E-state index is 0.00410. The highest BCUT2D eigenvalue weighted by molar-refractivity contribution is 5.90. The summed E-state index contributed by atoms with van der Waals surface area (Å²) in [6, 6.07) is -3.38. The minimum atomic E-state index is -1.32. The van der Waals surface area contributed by atoms with E-state index in [2.05, 4.69) is 49.1 Å². The summed E-state index contributed by atoms with van der Waals surface area (Å²) in [5.41, 5.74) is 4.52. The number of nitrogens with two attached hydrogens (primary N) is 1. The molecule has 29 nitrogen and oxygen atoms in total. The van der Waals surface area contributed by atoms with Crippen LogP contribution in [-0.2, 0) is 66.6 Å². The Morgan fingerprint density at radius 2 is 1.26 bits per heavy atom. The zero-order chi connectivity index (χ0) is 64.2. The average molecular weight is 1240 g/mol. The van der Waals surface area contributed by atoms with E-state index in [1.165, 1.54) is 0 Å². The Hall–Kier alpha value is -3.83. The molecule has 10 unspecified atom stereocenters. The van der Waals surface area contributed by atoms with Gasteiger partial charge in [-0.3, -0.25) is 29.3 Å². The number of likely N-dealkylation sites (N-methyl/N-ethyl adjacent to an activating group) is 2. The molecule has 29 heteroatoms. The van der Waals surface area contributed by atoms with Crippen molar-refractivity contribution in [2.75, 3.05) is 133 Å². The molecule has 1 aliphatic rings. The van der Waals surface area contributed by atoms with Crippen LogP contribution in [0.5, 0.6) is 0 Å². The first-order chi connectivity index (χ1) is 41.2. The smallest absolute Gasteiger partial charge is 0.242 e. The van der Waals surface area contributed by atoms with Gasteiger partial charge >= 0.3 is 0 Å². The second-order valence-electron chi connectivity index (χ2n) is 21.0.